The van der Waals surface area contributed by atoms with E-state index >= 15 is 0 Å². The number of nitrogens with zero attached hydrogens (tertiary/aromatic N) is 1. The van der Waals surface area contributed by atoms with Crippen molar-refractivity contribution in [3.05, 3.63) is 63.4 Å². The Bertz CT molecular complexity index is 726. The fourth-order valence-electron chi connectivity index (χ4n) is 1.58. The number of hydrogen-bond donors (Lipinski definition) is 1. The van der Waals surface area contributed by atoms with E-state index in [1.165, 1.54) is 18.2 Å². The molecule has 0 aromatic heterocycles. The maximum atomic E-state index is 13.0. The summed E-state index contributed by atoms with van der Waals surface area (Å²) in [4.78, 5) is 12.1. The highest BCUT2D eigenvalue weighted by molar-refractivity contribution is 6.36. The molecular formula is C14H7Cl2FN2O. The summed E-state index contributed by atoms with van der Waals surface area (Å²) < 4.78 is 13.0. The summed E-state index contributed by atoms with van der Waals surface area (Å²) in [6.07, 6.45) is 0. The van der Waals surface area contributed by atoms with Crippen LogP contribution in [0.3, 0.4) is 0 Å². The van der Waals surface area contributed by atoms with Crippen LogP contribution < -0.4 is 5.32 Å². The van der Waals surface area contributed by atoms with Crippen LogP contribution in [0.5, 0.6) is 0 Å². The zero-order valence-corrected chi connectivity index (χ0v) is 11.5. The second-order valence-corrected chi connectivity index (χ2v) is 4.72. The largest absolute Gasteiger partial charge is 0.321 e. The average Bonchev–Trinajstić information content (AvgIpc) is 2.43. The molecule has 0 saturated carbocycles. The molecular weight excluding hydrogens is 302 g/mol. The first-order valence-corrected chi connectivity index (χ1v) is 6.23. The molecule has 0 aliphatic rings. The molecule has 1 N–H and O–H groups in total. The first kappa shape index (κ1) is 14.3. The molecule has 3 nitrogen and oxygen atoms in total. The van der Waals surface area contributed by atoms with Gasteiger partial charge in [0.15, 0.2) is 0 Å². The van der Waals surface area contributed by atoms with Gasteiger partial charge in [0.1, 0.15) is 11.9 Å². The van der Waals surface area contributed by atoms with Crippen LogP contribution in [0.25, 0.3) is 0 Å². The summed E-state index contributed by atoms with van der Waals surface area (Å²) in [5, 5.41) is 12.0. The molecule has 0 aliphatic heterocycles. The minimum atomic E-state index is -0.555. The van der Waals surface area contributed by atoms with E-state index in [9.17, 15) is 9.18 Å². The Kier molecular flexibility index (Phi) is 4.23. The average molecular weight is 309 g/mol. The van der Waals surface area contributed by atoms with Crippen molar-refractivity contribution in [2.24, 2.45) is 0 Å². The van der Waals surface area contributed by atoms with Crippen LogP contribution in [-0.2, 0) is 0 Å². The van der Waals surface area contributed by atoms with Crippen LogP contribution in [0.4, 0.5) is 10.1 Å². The third-order valence-electron chi connectivity index (χ3n) is 2.52. The number of amides is 1. The third-order valence-corrected chi connectivity index (χ3v) is 3.09. The van der Waals surface area contributed by atoms with Gasteiger partial charge in [-0.3, -0.25) is 4.79 Å². The number of anilines is 1. The van der Waals surface area contributed by atoms with E-state index in [1.54, 1.807) is 12.1 Å². The predicted molar refractivity (Wildman–Crippen MR) is 75.5 cm³/mol. The van der Waals surface area contributed by atoms with E-state index < -0.39 is 11.7 Å². The fourth-order valence-corrected chi connectivity index (χ4v) is 1.95. The lowest BCUT2D eigenvalue weighted by Crippen LogP contribution is -2.13. The molecule has 2 aromatic rings. The van der Waals surface area contributed by atoms with Gasteiger partial charge < -0.3 is 5.32 Å². The van der Waals surface area contributed by atoms with Crippen molar-refractivity contribution in [3.63, 3.8) is 0 Å². The molecule has 0 spiro atoms. The van der Waals surface area contributed by atoms with Crippen LogP contribution >= 0.6 is 23.2 Å². The lowest BCUT2D eigenvalue weighted by atomic mass is 10.1. The first-order valence-electron chi connectivity index (χ1n) is 5.47. The molecule has 0 fully saturated rings. The third kappa shape index (κ3) is 3.08. The Balaban J connectivity index is 2.33. The van der Waals surface area contributed by atoms with Crippen LogP contribution in [0, 0.1) is 17.1 Å². The Morgan fingerprint density at radius 1 is 1.20 bits per heavy atom. The smallest absolute Gasteiger partial charge is 0.257 e. The highest BCUT2D eigenvalue weighted by Gasteiger charge is 2.13. The van der Waals surface area contributed by atoms with Crippen molar-refractivity contribution in [1.29, 1.82) is 5.26 Å². The maximum Gasteiger partial charge on any atom is 0.257 e. The topological polar surface area (TPSA) is 52.9 Å². The van der Waals surface area contributed by atoms with Crippen molar-refractivity contribution in [3.8, 4) is 6.07 Å². The molecule has 100 valence electrons. The van der Waals surface area contributed by atoms with Crippen LogP contribution in [0.2, 0.25) is 10.0 Å². The number of carbonyl (C=O) groups excluding carboxylic acids is 1. The molecule has 0 unspecified atom stereocenters. The summed E-state index contributed by atoms with van der Waals surface area (Å²) >= 11 is 11.7. The summed E-state index contributed by atoms with van der Waals surface area (Å²) in [6.45, 7) is 0. The zero-order chi connectivity index (χ0) is 14.7. The van der Waals surface area contributed by atoms with E-state index in [4.69, 9.17) is 28.5 Å². The quantitative estimate of drug-likeness (QED) is 0.901. The van der Waals surface area contributed by atoms with E-state index in [2.05, 4.69) is 5.32 Å². The highest BCUT2D eigenvalue weighted by atomic mass is 35.5. The molecule has 6 heteroatoms. The summed E-state index contributed by atoms with van der Waals surface area (Å²) in [5.41, 5.74) is 0.402. The molecule has 0 bridgehead atoms. The Hall–Kier alpha value is -2.09. The second kappa shape index (κ2) is 5.91. The van der Waals surface area contributed by atoms with Gasteiger partial charge >= 0.3 is 0 Å². The summed E-state index contributed by atoms with van der Waals surface area (Å²) in [7, 11) is 0. The molecule has 0 aliphatic carbocycles. The van der Waals surface area contributed by atoms with Crippen LogP contribution in [0.1, 0.15) is 15.9 Å². The monoisotopic (exact) mass is 308 g/mol. The van der Waals surface area contributed by atoms with Crippen LogP contribution in [-0.4, -0.2) is 5.91 Å². The number of benzene rings is 2. The van der Waals surface area contributed by atoms with Crippen molar-refractivity contribution in [1.82, 2.24) is 0 Å². The Labute approximate surface area is 124 Å². The van der Waals surface area contributed by atoms with Gasteiger partial charge in [-0.15, -0.1) is 0 Å². The predicted octanol–water partition coefficient (Wildman–Crippen LogP) is 4.26. The number of halogens is 3. The van der Waals surface area contributed by atoms with Gasteiger partial charge in [-0.2, -0.15) is 5.26 Å². The van der Waals surface area contributed by atoms with E-state index in [1.807, 2.05) is 0 Å². The van der Waals surface area contributed by atoms with Gasteiger partial charge in [-0.1, -0.05) is 23.2 Å². The molecule has 2 rings (SSSR count). The van der Waals surface area contributed by atoms with Crippen molar-refractivity contribution >= 4 is 34.8 Å². The van der Waals surface area contributed by atoms with Gasteiger partial charge in [0.25, 0.3) is 5.91 Å². The lowest BCUT2D eigenvalue weighted by Gasteiger charge is -2.08. The van der Waals surface area contributed by atoms with Gasteiger partial charge in [-0.05, 0) is 36.4 Å². The van der Waals surface area contributed by atoms with Gasteiger partial charge in [0, 0.05) is 5.02 Å². The zero-order valence-electron chi connectivity index (χ0n) is 9.95. The van der Waals surface area contributed by atoms with E-state index in [0.29, 0.717) is 5.02 Å². The molecule has 0 saturated heterocycles. The molecule has 0 heterocycles. The van der Waals surface area contributed by atoms with E-state index in [-0.39, 0.29) is 21.8 Å². The fraction of sp³-hybridized carbons (Fsp3) is 0. The van der Waals surface area contributed by atoms with Crippen molar-refractivity contribution in [2.45, 2.75) is 0 Å². The number of carbonyl (C=O) groups is 1. The molecule has 0 radical (unpaired) electrons. The summed E-state index contributed by atoms with van der Waals surface area (Å²) in [5.74, 6) is -1.08. The second-order valence-electron chi connectivity index (χ2n) is 3.88. The normalized spacial score (nSPS) is 9.90. The van der Waals surface area contributed by atoms with Gasteiger partial charge in [0.05, 0.1) is 21.8 Å². The number of nitriles is 1. The number of hydrogen-bond acceptors (Lipinski definition) is 2. The summed E-state index contributed by atoms with van der Waals surface area (Å²) in [6, 6.07) is 9.76. The SMILES string of the molecule is N#Cc1cc(F)ccc1NC(=O)c1cc(Cl)ccc1Cl. The van der Waals surface area contributed by atoms with Crippen molar-refractivity contribution in [2.75, 3.05) is 5.32 Å². The van der Waals surface area contributed by atoms with Gasteiger partial charge in [-0.25, -0.2) is 4.39 Å². The lowest BCUT2D eigenvalue weighted by molar-refractivity contribution is 0.102. The molecule has 2 aromatic carbocycles. The maximum absolute atomic E-state index is 13.0. The van der Waals surface area contributed by atoms with Crippen molar-refractivity contribution < 1.29 is 9.18 Å². The van der Waals surface area contributed by atoms with E-state index in [0.717, 1.165) is 12.1 Å². The molecule has 1 amide bonds. The Morgan fingerprint density at radius 3 is 2.65 bits per heavy atom. The standard InChI is InChI=1S/C14H7Cl2FN2O/c15-9-1-3-12(16)11(6-9)14(20)19-13-4-2-10(17)5-8(13)7-18/h1-6H,(H,19,20). The number of nitrogens with one attached hydrogen (secondary N) is 1. The number of rotatable bonds is 2. The highest BCUT2D eigenvalue weighted by Crippen LogP contribution is 2.23. The van der Waals surface area contributed by atoms with Gasteiger partial charge in [0.2, 0.25) is 0 Å². The Morgan fingerprint density at radius 2 is 1.95 bits per heavy atom. The molecule has 20 heavy (non-hydrogen) atoms. The first-order chi connectivity index (χ1) is 9.51. The molecule has 0 atom stereocenters. The minimum absolute atomic E-state index is 0.0245. The minimum Gasteiger partial charge on any atom is -0.321 e. The van der Waals surface area contributed by atoms with Crippen LogP contribution in [0.15, 0.2) is 36.4 Å².